The molecule has 142 valence electrons. The molecule has 0 heterocycles. The molecule has 0 aliphatic heterocycles. The van der Waals surface area contributed by atoms with Gasteiger partial charge in [0.05, 0.1) is 4.90 Å². The van der Waals surface area contributed by atoms with Crippen molar-refractivity contribution in [2.45, 2.75) is 38.3 Å². The molecular formula is C20H27NO3S2. The van der Waals surface area contributed by atoms with Gasteiger partial charge in [0.25, 0.3) is 0 Å². The van der Waals surface area contributed by atoms with Crippen LogP contribution in [-0.4, -0.2) is 20.6 Å². The third kappa shape index (κ3) is 5.11. The Hall–Kier alpha value is -1.79. The molecule has 1 atom stereocenters. The van der Waals surface area contributed by atoms with E-state index in [1.54, 1.807) is 18.4 Å². The summed E-state index contributed by atoms with van der Waals surface area (Å²) in [6, 6.07) is 14.4. The molecule has 0 bridgehead atoms. The summed E-state index contributed by atoms with van der Waals surface area (Å²) < 4.78 is 25.5. The van der Waals surface area contributed by atoms with E-state index in [9.17, 15) is 13.2 Å². The van der Waals surface area contributed by atoms with E-state index in [1.807, 2.05) is 64.1 Å². The number of hydrogen-bond donors (Lipinski definition) is 2. The summed E-state index contributed by atoms with van der Waals surface area (Å²) in [6.07, 6.45) is 1.79. The summed E-state index contributed by atoms with van der Waals surface area (Å²) in [7, 11) is -4.55. The summed E-state index contributed by atoms with van der Waals surface area (Å²) in [4.78, 5) is 12.4. The number of carbonyl (C=O) groups excluding carboxylic acids is 1. The Kier molecular flexibility index (Phi) is 6.19. The van der Waals surface area contributed by atoms with Gasteiger partial charge in [-0.1, -0.05) is 50.6 Å². The first-order valence-electron chi connectivity index (χ1n) is 8.43. The number of anilines is 1. The average molecular weight is 394 g/mol. The minimum atomic E-state index is -3.31. The van der Waals surface area contributed by atoms with Crippen molar-refractivity contribution in [3.8, 4) is 0 Å². The third-order valence-corrected chi connectivity index (χ3v) is 10.0. The molecular weight excluding hydrogens is 366 g/mol. The van der Waals surface area contributed by atoms with Gasteiger partial charge in [-0.3, -0.25) is 4.79 Å². The normalized spacial score (nSPS) is 14.0. The molecule has 0 radical (unpaired) electrons. The average Bonchev–Trinajstić information content (AvgIpc) is 2.56. The minimum absolute atomic E-state index is 0.0510. The van der Waals surface area contributed by atoms with Crippen LogP contribution in [0.5, 0.6) is 0 Å². The van der Waals surface area contributed by atoms with Crippen molar-refractivity contribution in [2.75, 3.05) is 11.6 Å². The summed E-state index contributed by atoms with van der Waals surface area (Å²) in [5, 5.41) is 2.87. The van der Waals surface area contributed by atoms with Crippen molar-refractivity contribution >= 4 is 30.4 Å². The molecule has 0 spiro atoms. The Balaban J connectivity index is 2.08. The first kappa shape index (κ1) is 20.5. The van der Waals surface area contributed by atoms with E-state index in [2.05, 4.69) is 5.32 Å². The van der Waals surface area contributed by atoms with Crippen LogP contribution in [0, 0.1) is 12.3 Å². The van der Waals surface area contributed by atoms with Crippen LogP contribution in [-0.2, 0) is 19.4 Å². The molecule has 2 rings (SSSR count). The Morgan fingerprint density at radius 2 is 1.54 bits per heavy atom. The van der Waals surface area contributed by atoms with Crippen LogP contribution in [0.4, 0.5) is 5.69 Å². The predicted molar refractivity (Wildman–Crippen MR) is 112 cm³/mol. The van der Waals surface area contributed by atoms with Crippen LogP contribution in [0.25, 0.3) is 0 Å². The SMILES string of the molecule is Cc1ccc(S(=O)(=O)[SH](C)Cc2ccc(NC(=O)C(C)(C)C)cc2)cc1. The van der Waals surface area contributed by atoms with Crippen molar-refractivity contribution in [1.29, 1.82) is 0 Å². The fraction of sp³-hybridized carbons (Fsp3) is 0.350. The molecule has 0 saturated heterocycles. The summed E-state index contributed by atoms with van der Waals surface area (Å²) in [6.45, 7) is 7.51. The fourth-order valence-electron chi connectivity index (χ4n) is 2.24. The van der Waals surface area contributed by atoms with E-state index in [0.29, 0.717) is 10.6 Å². The standard InChI is InChI=1S/C20H27NO3S2/c1-15-6-12-18(13-7-15)26(23,24)25(5)14-16-8-10-17(11-9-16)21-19(22)20(2,3)4/h6-13,25H,14H2,1-5H3,(H,21,22). The summed E-state index contributed by atoms with van der Waals surface area (Å²) >= 11 is 0. The minimum Gasteiger partial charge on any atom is -0.326 e. The van der Waals surface area contributed by atoms with Gasteiger partial charge < -0.3 is 5.32 Å². The molecule has 0 aliphatic carbocycles. The van der Waals surface area contributed by atoms with Gasteiger partial charge in [0.15, 0.2) is 0 Å². The number of hydrogen-bond acceptors (Lipinski definition) is 3. The highest BCUT2D eigenvalue weighted by molar-refractivity contribution is 8.80. The lowest BCUT2D eigenvalue weighted by Gasteiger charge is -2.19. The molecule has 2 aromatic rings. The maximum atomic E-state index is 12.7. The smallest absolute Gasteiger partial charge is 0.229 e. The number of thiol groups is 1. The van der Waals surface area contributed by atoms with Crippen molar-refractivity contribution in [3.05, 3.63) is 59.7 Å². The van der Waals surface area contributed by atoms with Crippen LogP contribution in [0.2, 0.25) is 0 Å². The number of amides is 1. The maximum absolute atomic E-state index is 12.7. The molecule has 0 fully saturated rings. The van der Waals surface area contributed by atoms with E-state index in [0.717, 1.165) is 16.8 Å². The molecule has 2 aromatic carbocycles. The Morgan fingerprint density at radius 1 is 1.00 bits per heavy atom. The summed E-state index contributed by atoms with van der Waals surface area (Å²) in [5.74, 6) is 0.434. The van der Waals surface area contributed by atoms with E-state index in [4.69, 9.17) is 0 Å². The van der Waals surface area contributed by atoms with Gasteiger partial charge in [0.2, 0.25) is 14.8 Å². The van der Waals surface area contributed by atoms with Gasteiger partial charge in [0.1, 0.15) is 0 Å². The molecule has 1 amide bonds. The van der Waals surface area contributed by atoms with Crippen LogP contribution in [0.1, 0.15) is 31.9 Å². The van der Waals surface area contributed by atoms with Gasteiger partial charge in [-0.25, -0.2) is 8.42 Å². The Bertz CT molecular complexity index is 865. The highest BCUT2D eigenvalue weighted by Gasteiger charge is 2.22. The quantitative estimate of drug-likeness (QED) is 0.581. The first-order chi connectivity index (χ1) is 12.0. The zero-order valence-corrected chi connectivity index (χ0v) is 17.6. The number of rotatable bonds is 5. The Labute approximate surface area is 158 Å². The topological polar surface area (TPSA) is 63.2 Å². The molecule has 1 N–H and O–H groups in total. The molecule has 6 heteroatoms. The van der Waals surface area contributed by atoms with Crippen LogP contribution >= 0.6 is 9.93 Å². The van der Waals surface area contributed by atoms with Gasteiger partial charge in [-0.2, -0.15) is 0 Å². The molecule has 4 nitrogen and oxygen atoms in total. The molecule has 1 unspecified atom stereocenters. The number of aryl methyl sites for hydroxylation is 1. The second kappa shape index (κ2) is 7.84. The number of nitrogens with one attached hydrogen (secondary N) is 1. The van der Waals surface area contributed by atoms with Crippen molar-refractivity contribution in [3.63, 3.8) is 0 Å². The van der Waals surface area contributed by atoms with Crippen LogP contribution in [0.15, 0.2) is 53.4 Å². The van der Waals surface area contributed by atoms with Crippen LogP contribution in [0.3, 0.4) is 0 Å². The van der Waals surface area contributed by atoms with E-state index in [1.165, 1.54) is 0 Å². The monoisotopic (exact) mass is 393 g/mol. The molecule has 0 saturated carbocycles. The molecule has 0 aromatic heterocycles. The lowest BCUT2D eigenvalue weighted by molar-refractivity contribution is -0.123. The van der Waals surface area contributed by atoms with Gasteiger partial charge in [0, 0.05) is 16.9 Å². The van der Waals surface area contributed by atoms with E-state index < -0.39 is 24.2 Å². The highest BCUT2D eigenvalue weighted by atomic mass is 33.2. The largest absolute Gasteiger partial charge is 0.326 e. The Morgan fingerprint density at radius 3 is 2.04 bits per heavy atom. The van der Waals surface area contributed by atoms with Crippen molar-refractivity contribution in [1.82, 2.24) is 0 Å². The second-order valence-electron chi connectivity index (χ2n) is 7.48. The third-order valence-electron chi connectivity index (χ3n) is 4.03. The van der Waals surface area contributed by atoms with E-state index >= 15 is 0 Å². The lowest BCUT2D eigenvalue weighted by atomic mass is 9.95. The molecule has 26 heavy (non-hydrogen) atoms. The second-order valence-corrected chi connectivity index (χ2v) is 13.8. The fourth-order valence-corrected chi connectivity index (χ4v) is 6.38. The predicted octanol–water partition coefficient (Wildman–Crippen LogP) is 4.50. The lowest BCUT2D eigenvalue weighted by Crippen LogP contribution is -2.27. The molecule has 0 aliphatic rings. The number of benzene rings is 2. The van der Waals surface area contributed by atoms with Gasteiger partial charge in [-0.05, 0) is 43.0 Å². The highest BCUT2D eigenvalue weighted by Crippen LogP contribution is 2.38. The van der Waals surface area contributed by atoms with Crippen LogP contribution < -0.4 is 5.32 Å². The van der Waals surface area contributed by atoms with Gasteiger partial charge >= 0.3 is 0 Å². The zero-order valence-electron chi connectivity index (χ0n) is 15.9. The van der Waals surface area contributed by atoms with E-state index in [-0.39, 0.29) is 5.91 Å². The van der Waals surface area contributed by atoms with Crippen molar-refractivity contribution in [2.24, 2.45) is 5.41 Å². The maximum Gasteiger partial charge on any atom is 0.229 e. The number of carbonyl (C=O) groups is 1. The van der Waals surface area contributed by atoms with Gasteiger partial charge in [-0.15, -0.1) is 9.93 Å². The van der Waals surface area contributed by atoms with Crippen molar-refractivity contribution < 1.29 is 13.2 Å². The zero-order chi connectivity index (χ0) is 19.5. The summed E-state index contributed by atoms with van der Waals surface area (Å²) in [5.41, 5.74) is 2.24. The first-order valence-corrected chi connectivity index (χ1v) is 12.5.